The van der Waals surface area contributed by atoms with Crippen LogP contribution in [0.5, 0.6) is 0 Å². The highest BCUT2D eigenvalue weighted by Crippen LogP contribution is 2.25. The average molecular weight is 271 g/mol. The van der Waals surface area contributed by atoms with Gasteiger partial charge in [0.1, 0.15) is 0 Å². The van der Waals surface area contributed by atoms with Crippen LogP contribution in [-0.2, 0) is 6.42 Å². The summed E-state index contributed by atoms with van der Waals surface area (Å²) in [7, 11) is 0. The van der Waals surface area contributed by atoms with Gasteiger partial charge in [0.05, 0.1) is 0 Å². The van der Waals surface area contributed by atoms with Gasteiger partial charge in [0.15, 0.2) is 0 Å². The topological polar surface area (TPSA) is 3.24 Å². The summed E-state index contributed by atoms with van der Waals surface area (Å²) in [5.41, 5.74) is 2.78. The monoisotopic (exact) mass is 271 g/mol. The van der Waals surface area contributed by atoms with Gasteiger partial charge in [0.2, 0.25) is 0 Å². The van der Waals surface area contributed by atoms with E-state index < -0.39 is 0 Å². The lowest BCUT2D eigenvalue weighted by Gasteiger charge is -2.28. The molecular formula is C19H29N. The number of anilines is 1. The Morgan fingerprint density at radius 1 is 1.05 bits per heavy atom. The lowest BCUT2D eigenvalue weighted by Crippen LogP contribution is -2.24. The van der Waals surface area contributed by atoms with Crippen LogP contribution < -0.4 is 4.90 Å². The standard InChI is InChI=1S/C19H29N/c1-15(2)13-17-5-7-19(8-6-17)20-11-9-18(10-12-20)14-16(3)4/h5-9,11,15-16,18H,10,12-14H2,1-4H3. The largest absolute Gasteiger partial charge is 0.348 e. The Hall–Kier alpha value is -1.24. The van der Waals surface area contributed by atoms with Gasteiger partial charge in [-0.2, -0.15) is 0 Å². The Labute approximate surface area is 124 Å². The first-order valence-electron chi connectivity index (χ1n) is 8.08. The minimum absolute atomic E-state index is 0.729. The predicted molar refractivity (Wildman–Crippen MR) is 89.0 cm³/mol. The van der Waals surface area contributed by atoms with Crippen molar-refractivity contribution in [1.82, 2.24) is 0 Å². The van der Waals surface area contributed by atoms with Crippen molar-refractivity contribution >= 4 is 5.69 Å². The summed E-state index contributed by atoms with van der Waals surface area (Å²) in [6.45, 7) is 10.3. The molecule has 0 N–H and O–H groups in total. The van der Waals surface area contributed by atoms with Gasteiger partial charge < -0.3 is 4.90 Å². The van der Waals surface area contributed by atoms with Gasteiger partial charge in [-0.25, -0.2) is 0 Å². The van der Waals surface area contributed by atoms with Gasteiger partial charge in [-0.3, -0.25) is 0 Å². The molecule has 0 saturated heterocycles. The zero-order valence-corrected chi connectivity index (χ0v) is 13.5. The van der Waals surface area contributed by atoms with Crippen LogP contribution in [0.1, 0.15) is 46.1 Å². The molecule has 0 amide bonds. The van der Waals surface area contributed by atoms with Gasteiger partial charge in [-0.1, -0.05) is 45.9 Å². The van der Waals surface area contributed by atoms with Crippen molar-refractivity contribution in [3.8, 4) is 0 Å². The van der Waals surface area contributed by atoms with E-state index in [2.05, 4.69) is 69.1 Å². The highest BCUT2D eigenvalue weighted by Gasteiger charge is 2.15. The molecule has 0 aromatic heterocycles. The summed E-state index contributed by atoms with van der Waals surface area (Å²) in [5, 5.41) is 0. The van der Waals surface area contributed by atoms with Gasteiger partial charge in [0.25, 0.3) is 0 Å². The summed E-state index contributed by atoms with van der Waals surface area (Å²) in [5.74, 6) is 2.30. The normalized spacial score (nSPS) is 19.1. The lowest BCUT2D eigenvalue weighted by atomic mass is 9.92. The van der Waals surface area contributed by atoms with Crippen molar-refractivity contribution in [3.05, 3.63) is 42.1 Å². The van der Waals surface area contributed by atoms with E-state index in [0.717, 1.165) is 24.3 Å². The molecule has 20 heavy (non-hydrogen) atoms. The molecule has 1 aliphatic heterocycles. The molecule has 2 rings (SSSR count). The fourth-order valence-corrected chi connectivity index (χ4v) is 3.01. The summed E-state index contributed by atoms with van der Waals surface area (Å²) < 4.78 is 0. The van der Waals surface area contributed by atoms with Crippen LogP contribution in [0.3, 0.4) is 0 Å². The summed E-state index contributed by atoms with van der Waals surface area (Å²) in [6, 6.07) is 9.10. The molecule has 1 unspecified atom stereocenters. The first-order valence-corrected chi connectivity index (χ1v) is 8.08. The molecule has 1 heteroatoms. The van der Waals surface area contributed by atoms with E-state index in [-0.39, 0.29) is 0 Å². The van der Waals surface area contributed by atoms with E-state index in [1.54, 1.807) is 0 Å². The molecule has 0 saturated carbocycles. The molecule has 1 aromatic rings. The molecule has 0 spiro atoms. The highest BCUT2D eigenvalue weighted by atomic mass is 15.1. The van der Waals surface area contributed by atoms with E-state index in [0.29, 0.717) is 0 Å². The van der Waals surface area contributed by atoms with Gasteiger partial charge in [-0.05, 0) is 54.7 Å². The van der Waals surface area contributed by atoms with E-state index >= 15 is 0 Å². The maximum atomic E-state index is 2.39. The minimum atomic E-state index is 0.729. The van der Waals surface area contributed by atoms with Crippen LogP contribution in [0.15, 0.2) is 36.5 Å². The number of hydrogen-bond acceptors (Lipinski definition) is 1. The Bertz CT molecular complexity index is 428. The zero-order chi connectivity index (χ0) is 14.5. The van der Waals surface area contributed by atoms with Crippen molar-refractivity contribution in [2.75, 3.05) is 11.4 Å². The maximum absolute atomic E-state index is 2.39. The fraction of sp³-hybridized carbons (Fsp3) is 0.579. The first kappa shape index (κ1) is 15.2. The van der Waals surface area contributed by atoms with E-state index in [9.17, 15) is 0 Å². The van der Waals surface area contributed by atoms with Crippen molar-refractivity contribution in [3.63, 3.8) is 0 Å². The molecule has 1 heterocycles. The van der Waals surface area contributed by atoms with E-state index in [1.807, 2.05) is 0 Å². The maximum Gasteiger partial charge on any atom is 0.0406 e. The third kappa shape index (κ3) is 4.40. The smallest absolute Gasteiger partial charge is 0.0406 e. The van der Waals surface area contributed by atoms with Gasteiger partial charge >= 0.3 is 0 Å². The minimum Gasteiger partial charge on any atom is -0.348 e. The second-order valence-electron chi connectivity index (χ2n) is 6.98. The first-order chi connectivity index (χ1) is 9.54. The third-order valence-electron chi connectivity index (χ3n) is 3.97. The molecule has 1 atom stereocenters. The Morgan fingerprint density at radius 2 is 1.75 bits per heavy atom. The van der Waals surface area contributed by atoms with Crippen LogP contribution in [0.25, 0.3) is 0 Å². The second kappa shape index (κ2) is 6.97. The molecule has 1 aromatic carbocycles. The summed E-state index contributed by atoms with van der Waals surface area (Å²) in [4.78, 5) is 2.38. The van der Waals surface area contributed by atoms with E-state index in [4.69, 9.17) is 0 Å². The van der Waals surface area contributed by atoms with Crippen molar-refractivity contribution in [2.45, 2.75) is 47.0 Å². The quantitative estimate of drug-likeness (QED) is 0.705. The highest BCUT2D eigenvalue weighted by molar-refractivity contribution is 5.50. The number of nitrogens with zero attached hydrogens (tertiary/aromatic N) is 1. The lowest BCUT2D eigenvalue weighted by molar-refractivity contribution is 0.445. The Kier molecular flexibility index (Phi) is 5.28. The molecule has 0 fully saturated rings. The SMILES string of the molecule is CC(C)Cc1ccc(N2C=CC(CC(C)C)CC2)cc1. The molecule has 0 aliphatic carbocycles. The van der Waals surface area contributed by atoms with Crippen LogP contribution in [0, 0.1) is 17.8 Å². The van der Waals surface area contributed by atoms with Crippen molar-refractivity contribution < 1.29 is 0 Å². The fourth-order valence-electron chi connectivity index (χ4n) is 3.01. The van der Waals surface area contributed by atoms with Crippen molar-refractivity contribution in [2.24, 2.45) is 17.8 Å². The molecule has 0 bridgehead atoms. The van der Waals surface area contributed by atoms with Crippen LogP contribution in [0.2, 0.25) is 0 Å². The summed E-state index contributed by atoms with van der Waals surface area (Å²) >= 11 is 0. The molecule has 0 radical (unpaired) electrons. The predicted octanol–water partition coefficient (Wildman–Crippen LogP) is 5.27. The van der Waals surface area contributed by atoms with E-state index in [1.165, 1.54) is 30.5 Å². The molecular weight excluding hydrogens is 242 g/mol. The average Bonchev–Trinajstić information content (AvgIpc) is 2.39. The Morgan fingerprint density at radius 3 is 2.25 bits per heavy atom. The van der Waals surface area contributed by atoms with Crippen LogP contribution in [0.4, 0.5) is 5.69 Å². The summed E-state index contributed by atoms with van der Waals surface area (Å²) in [6.07, 6.45) is 8.45. The number of rotatable bonds is 5. The number of allylic oxidation sites excluding steroid dienone is 1. The zero-order valence-electron chi connectivity index (χ0n) is 13.5. The van der Waals surface area contributed by atoms with Gasteiger partial charge in [-0.15, -0.1) is 0 Å². The van der Waals surface area contributed by atoms with Crippen molar-refractivity contribution in [1.29, 1.82) is 0 Å². The number of hydrogen-bond donors (Lipinski definition) is 0. The van der Waals surface area contributed by atoms with Crippen LogP contribution in [-0.4, -0.2) is 6.54 Å². The Balaban J connectivity index is 1.96. The molecule has 1 aliphatic rings. The van der Waals surface area contributed by atoms with Crippen LogP contribution >= 0.6 is 0 Å². The third-order valence-corrected chi connectivity index (χ3v) is 3.97. The molecule has 110 valence electrons. The molecule has 1 nitrogen and oxygen atoms in total. The second-order valence-corrected chi connectivity index (χ2v) is 6.98. The number of benzene rings is 1. The van der Waals surface area contributed by atoms with Gasteiger partial charge in [0, 0.05) is 18.4 Å².